The largest absolute Gasteiger partial charge is 0.138 e. The molecule has 30 heavy (non-hydrogen) atoms. The Bertz CT molecular complexity index is 1490. The van der Waals surface area contributed by atoms with Crippen LogP contribution in [0.5, 0.6) is 0 Å². The van der Waals surface area contributed by atoms with E-state index in [0.29, 0.717) is 0 Å². The average molecular weight is 760 g/mol. The van der Waals surface area contributed by atoms with E-state index >= 15 is 0 Å². The average Bonchev–Trinajstić information content (AvgIpc) is 3.49. The number of hydrogen-bond acceptors (Lipinski definition) is 6. The fourth-order valence-electron chi connectivity index (χ4n) is 3.42. The second-order valence-corrected chi connectivity index (χ2v) is 16.6. The molecule has 0 spiro atoms. The van der Waals surface area contributed by atoms with Crippen LogP contribution in [0.2, 0.25) is 0 Å². The summed E-state index contributed by atoms with van der Waals surface area (Å²) >= 11 is 26.8. The molecule has 0 aliphatic rings. The SMILES string of the molecule is Cc1cc2sc(-c3sc4c(Br)c(-c5sc6cc(C)sc6c5Br)sc4c3Br)c(Br)c2s1. The summed E-state index contributed by atoms with van der Waals surface area (Å²) in [5.74, 6) is 0. The Hall–Kier alpha value is 0.900. The molecule has 0 amide bonds. The first-order valence-corrected chi connectivity index (χ1v) is 16.7. The van der Waals surface area contributed by atoms with E-state index in [2.05, 4.69) is 89.7 Å². The van der Waals surface area contributed by atoms with E-state index in [1.165, 1.54) is 75.4 Å². The molecule has 0 N–H and O–H groups in total. The summed E-state index contributed by atoms with van der Waals surface area (Å²) in [7, 11) is 0. The molecule has 0 bridgehead atoms. The molecule has 0 aliphatic heterocycles. The molecular weight excluding hydrogens is 752 g/mol. The van der Waals surface area contributed by atoms with Gasteiger partial charge in [-0.2, -0.15) is 0 Å². The number of aryl methyl sites for hydroxylation is 2. The summed E-state index contributed by atoms with van der Waals surface area (Å²) in [5.41, 5.74) is 0. The lowest BCUT2D eigenvalue weighted by atomic mass is 10.3. The Morgan fingerprint density at radius 3 is 1.17 bits per heavy atom. The maximum Gasteiger partial charge on any atom is 0.0618 e. The lowest BCUT2D eigenvalue weighted by Crippen LogP contribution is -1.69. The van der Waals surface area contributed by atoms with Gasteiger partial charge in [-0.25, -0.2) is 0 Å². The van der Waals surface area contributed by atoms with Crippen LogP contribution < -0.4 is 0 Å². The second-order valence-electron chi connectivity index (χ2n) is 6.74. The quantitative estimate of drug-likeness (QED) is 0.165. The van der Waals surface area contributed by atoms with Crippen LogP contribution in [-0.4, -0.2) is 0 Å². The molecular formula is C20H8Br4S6. The van der Waals surface area contributed by atoms with Gasteiger partial charge < -0.3 is 0 Å². The Balaban J connectivity index is 1.53. The van der Waals surface area contributed by atoms with Gasteiger partial charge in [-0.15, -0.1) is 68.0 Å². The molecule has 0 radical (unpaired) electrons. The molecule has 10 heteroatoms. The van der Waals surface area contributed by atoms with Crippen LogP contribution in [0.25, 0.3) is 47.7 Å². The molecule has 0 unspecified atom stereocenters. The highest BCUT2D eigenvalue weighted by Crippen LogP contribution is 2.58. The van der Waals surface area contributed by atoms with Crippen molar-refractivity contribution in [1.29, 1.82) is 0 Å². The van der Waals surface area contributed by atoms with Crippen molar-refractivity contribution in [3.63, 3.8) is 0 Å². The standard InChI is InChI=1S/C20H8Br4S6/c1-5-3-7-13(25-5)9(21)15(27-7)17-11(23)19-20(29-17)12(24)18(30-19)16-10(22)14-8(28-16)4-6(2)26-14/h3-4H,1-2H3. The van der Waals surface area contributed by atoms with E-state index in [4.69, 9.17) is 0 Å². The summed E-state index contributed by atoms with van der Waals surface area (Å²) in [6, 6.07) is 4.58. The van der Waals surface area contributed by atoms with Crippen LogP contribution in [-0.2, 0) is 0 Å². The highest BCUT2D eigenvalue weighted by molar-refractivity contribution is 9.11. The van der Waals surface area contributed by atoms with Crippen LogP contribution >= 0.6 is 132 Å². The van der Waals surface area contributed by atoms with Gasteiger partial charge in [0.1, 0.15) is 0 Å². The Labute approximate surface area is 230 Å². The van der Waals surface area contributed by atoms with Crippen LogP contribution in [0, 0.1) is 13.8 Å². The van der Waals surface area contributed by atoms with E-state index in [9.17, 15) is 0 Å². The van der Waals surface area contributed by atoms with E-state index < -0.39 is 0 Å². The van der Waals surface area contributed by atoms with Crippen molar-refractivity contribution < 1.29 is 0 Å². The molecule has 6 rings (SSSR count). The van der Waals surface area contributed by atoms with Crippen molar-refractivity contribution >= 4 is 160 Å². The molecule has 0 fully saturated rings. The summed E-state index contributed by atoms with van der Waals surface area (Å²) in [6.45, 7) is 4.35. The zero-order valence-corrected chi connectivity index (χ0v) is 26.4. The number of halogens is 4. The molecule has 152 valence electrons. The van der Waals surface area contributed by atoms with Gasteiger partial charge in [0.05, 0.1) is 56.2 Å². The summed E-state index contributed by atoms with van der Waals surface area (Å²) in [4.78, 5) is 7.97. The van der Waals surface area contributed by atoms with Crippen molar-refractivity contribution in [3.8, 4) is 19.5 Å². The predicted octanol–water partition coefficient (Wildman–Crippen LogP) is 12.5. The fraction of sp³-hybridized carbons (Fsp3) is 0.100. The minimum atomic E-state index is 1.20. The third-order valence-electron chi connectivity index (χ3n) is 4.69. The summed E-state index contributed by atoms with van der Waals surface area (Å²) in [6.07, 6.45) is 0. The molecule has 0 saturated heterocycles. The third kappa shape index (κ3) is 3.12. The van der Waals surface area contributed by atoms with Crippen molar-refractivity contribution in [3.05, 3.63) is 39.8 Å². The third-order valence-corrected chi connectivity index (χ3v) is 17.5. The van der Waals surface area contributed by atoms with Gasteiger partial charge in [0.15, 0.2) is 0 Å². The Morgan fingerprint density at radius 2 is 0.800 bits per heavy atom. The van der Waals surface area contributed by atoms with Gasteiger partial charge in [-0.3, -0.25) is 0 Å². The number of thiophene rings is 6. The van der Waals surface area contributed by atoms with Crippen LogP contribution in [0.1, 0.15) is 9.75 Å². The summed E-state index contributed by atoms with van der Waals surface area (Å²) in [5, 5.41) is 0. The molecule has 0 aromatic carbocycles. The van der Waals surface area contributed by atoms with Crippen LogP contribution in [0.3, 0.4) is 0 Å². The molecule has 0 atom stereocenters. The van der Waals surface area contributed by atoms with Gasteiger partial charge in [-0.1, -0.05) is 0 Å². The smallest absolute Gasteiger partial charge is 0.0618 e. The first kappa shape index (κ1) is 21.4. The van der Waals surface area contributed by atoms with Crippen LogP contribution in [0.15, 0.2) is 30.0 Å². The fourth-order valence-corrected chi connectivity index (χ4v) is 15.4. The van der Waals surface area contributed by atoms with E-state index in [0.717, 1.165) is 0 Å². The second kappa shape index (κ2) is 7.71. The zero-order chi connectivity index (χ0) is 20.9. The normalized spacial score (nSPS) is 12.3. The van der Waals surface area contributed by atoms with E-state index in [1.54, 1.807) is 0 Å². The molecule has 6 heterocycles. The van der Waals surface area contributed by atoms with Crippen molar-refractivity contribution in [2.75, 3.05) is 0 Å². The first-order valence-electron chi connectivity index (χ1n) is 8.61. The minimum Gasteiger partial charge on any atom is -0.138 e. The number of hydrogen-bond donors (Lipinski definition) is 0. The highest BCUT2D eigenvalue weighted by Gasteiger charge is 2.26. The lowest BCUT2D eigenvalue weighted by Gasteiger charge is -1.98. The number of fused-ring (bicyclic) bond motifs is 3. The summed E-state index contributed by atoms with van der Waals surface area (Å²) < 4.78 is 12.9. The van der Waals surface area contributed by atoms with Crippen LogP contribution in [0.4, 0.5) is 0 Å². The van der Waals surface area contributed by atoms with Crippen molar-refractivity contribution in [2.24, 2.45) is 0 Å². The lowest BCUT2D eigenvalue weighted by molar-refractivity contribution is 1.66. The predicted molar refractivity (Wildman–Crippen MR) is 157 cm³/mol. The molecule has 0 saturated carbocycles. The maximum absolute atomic E-state index is 3.94. The molecule has 0 aliphatic carbocycles. The van der Waals surface area contributed by atoms with E-state index in [1.807, 2.05) is 68.0 Å². The minimum absolute atomic E-state index is 1.20. The first-order chi connectivity index (χ1) is 14.3. The molecule has 6 aromatic rings. The maximum atomic E-state index is 3.94. The highest BCUT2D eigenvalue weighted by atomic mass is 79.9. The van der Waals surface area contributed by atoms with Gasteiger partial charge >= 0.3 is 0 Å². The van der Waals surface area contributed by atoms with Crippen molar-refractivity contribution in [2.45, 2.75) is 13.8 Å². The molecule has 0 nitrogen and oxygen atoms in total. The molecule has 6 aromatic heterocycles. The zero-order valence-electron chi connectivity index (χ0n) is 15.1. The van der Waals surface area contributed by atoms with Crippen molar-refractivity contribution in [1.82, 2.24) is 0 Å². The Kier molecular flexibility index (Phi) is 5.51. The van der Waals surface area contributed by atoms with Gasteiger partial charge in [-0.05, 0) is 89.7 Å². The van der Waals surface area contributed by atoms with Gasteiger partial charge in [0.2, 0.25) is 0 Å². The topological polar surface area (TPSA) is 0 Å². The number of rotatable bonds is 2. The van der Waals surface area contributed by atoms with E-state index in [-0.39, 0.29) is 0 Å². The van der Waals surface area contributed by atoms with Gasteiger partial charge in [0.25, 0.3) is 0 Å². The monoisotopic (exact) mass is 756 g/mol. The van der Waals surface area contributed by atoms with Gasteiger partial charge in [0, 0.05) is 19.2 Å². The Morgan fingerprint density at radius 1 is 0.467 bits per heavy atom.